The van der Waals surface area contributed by atoms with E-state index >= 15 is 0 Å². The lowest BCUT2D eigenvalue weighted by atomic mass is 9.71. The van der Waals surface area contributed by atoms with Crippen LogP contribution in [0.2, 0.25) is 0 Å². The number of nitrogens with zero attached hydrogens (tertiary/aromatic N) is 1. The number of aromatic nitrogens is 1. The molecular weight excluding hydrogens is 240 g/mol. The SMILES string of the molecule is COc1cc(NCC2(O)CCC(C)(C)CC2)ccn1. The van der Waals surface area contributed by atoms with E-state index in [1.54, 1.807) is 13.3 Å². The van der Waals surface area contributed by atoms with Crippen molar-refractivity contribution in [3.8, 4) is 5.88 Å². The first-order valence-corrected chi connectivity index (χ1v) is 6.89. The van der Waals surface area contributed by atoms with Crippen molar-refractivity contribution in [3.05, 3.63) is 18.3 Å². The normalized spacial score (nSPS) is 20.8. The van der Waals surface area contributed by atoms with E-state index in [2.05, 4.69) is 24.1 Å². The maximum Gasteiger partial charge on any atom is 0.214 e. The molecule has 19 heavy (non-hydrogen) atoms. The molecule has 1 fully saturated rings. The Bertz CT molecular complexity index is 422. The van der Waals surface area contributed by atoms with Gasteiger partial charge < -0.3 is 15.2 Å². The molecule has 0 atom stereocenters. The molecule has 2 N–H and O–H groups in total. The monoisotopic (exact) mass is 264 g/mol. The van der Waals surface area contributed by atoms with Gasteiger partial charge in [0.2, 0.25) is 5.88 Å². The number of anilines is 1. The highest BCUT2D eigenvalue weighted by Crippen LogP contribution is 2.40. The minimum atomic E-state index is -0.591. The zero-order chi connectivity index (χ0) is 13.9. The quantitative estimate of drug-likeness (QED) is 0.878. The third-order valence-corrected chi connectivity index (χ3v) is 4.10. The van der Waals surface area contributed by atoms with Crippen molar-refractivity contribution in [2.75, 3.05) is 19.0 Å². The van der Waals surface area contributed by atoms with Gasteiger partial charge in [0.25, 0.3) is 0 Å². The molecule has 1 aliphatic rings. The number of ether oxygens (including phenoxy) is 1. The topological polar surface area (TPSA) is 54.4 Å². The van der Waals surface area contributed by atoms with Gasteiger partial charge in [-0.3, -0.25) is 0 Å². The number of methoxy groups -OCH3 is 1. The highest BCUT2D eigenvalue weighted by Gasteiger charge is 2.36. The minimum Gasteiger partial charge on any atom is -0.481 e. The van der Waals surface area contributed by atoms with Crippen LogP contribution in [0.4, 0.5) is 5.69 Å². The summed E-state index contributed by atoms with van der Waals surface area (Å²) in [6.07, 6.45) is 5.56. The number of rotatable bonds is 4. The van der Waals surface area contributed by atoms with Crippen molar-refractivity contribution in [3.63, 3.8) is 0 Å². The molecular formula is C15H24N2O2. The second-order valence-electron chi connectivity index (χ2n) is 6.33. The summed E-state index contributed by atoms with van der Waals surface area (Å²) in [4.78, 5) is 4.06. The third kappa shape index (κ3) is 3.83. The molecule has 1 aromatic rings. The molecule has 1 heterocycles. The fourth-order valence-electron chi connectivity index (χ4n) is 2.47. The van der Waals surface area contributed by atoms with E-state index in [1.165, 1.54) is 0 Å². The fraction of sp³-hybridized carbons (Fsp3) is 0.667. The van der Waals surface area contributed by atoms with Crippen LogP contribution >= 0.6 is 0 Å². The molecule has 0 amide bonds. The predicted octanol–water partition coefficient (Wildman–Crippen LogP) is 2.83. The average Bonchev–Trinajstić information content (AvgIpc) is 2.41. The molecule has 4 heteroatoms. The zero-order valence-electron chi connectivity index (χ0n) is 12.1. The second kappa shape index (κ2) is 5.37. The Morgan fingerprint density at radius 3 is 2.63 bits per heavy atom. The highest BCUT2D eigenvalue weighted by molar-refractivity contribution is 5.45. The van der Waals surface area contributed by atoms with E-state index in [0.29, 0.717) is 17.8 Å². The Balaban J connectivity index is 1.91. The first-order valence-electron chi connectivity index (χ1n) is 6.89. The first kappa shape index (κ1) is 14.1. The lowest BCUT2D eigenvalue weighted by molar-refractivity contribution is -0.0145. The molecule has 0 bridgehead atoms. The van der Waals surface area contributed by atoms with Crippen molar-refractivity contribution in [1.82, 2.24) is 4.98 Å². The Morgan fingerprint density at radius 2 is 2.00 bits per heavy atom. The Labute approximate surface area is 115 Å². The van der Waals surface area contributed by atoms with Gasteiger partial charge in [0.1, 0.15) is 0 Å². The highest BCUT2D eigenvalue weighted by atomic mass is 16.5. The summed E-state index contributed by atoms with van der Waals surface area (Å²) in [7, 11) is 1.60. The van der Waals surface area contributed by atoms with Crippen LogP contribution in [0.5, 0.6) is 5.88 Å². The Kier molecular flexibility index (Phi) is 3.99. The van der Waals surface area contributed by atoms with Crippen molar-refractivity contribution in [1.29, 1.82) is 0 Å². The van der Waals surface area contributed by atoms with Crippen LogP contribution in [0.3, 0.4) is 0 Å². The van der Waals surface area contributed by atoms with Gasteiger partial charge in [-0.1, -0.05) is 13.8 Å². The van der Waals surface area contributed by atoms with E-state index in [-0.39, 0.29) is 0 Å². The van der Waals surface area contributed by atoms with Crippen molar-refractivity contribution < 1.29 is 9.84 Å². The summed E-state index contributed by atoms with van der Waals surface area (Å²) < 4.78 is 5.09. The van der Waals surface area contributed by atoms with Crippen molar-refractivity contribution in [2.45, 2.75) is 45.1 Å². The number of aliphatic hydroxyl groups is 1. The second-order valence-corrected chi connectivity index (χ2v) is 6.33. The third-order valence-electron chi connectivity index (χ3n) is 4.10. The summed E-state index contributed by atoms with van der Waals surface area (Å²) in [5.74, 6) is 0.585. The van der Waals surface area contributed by atoms with Gasteiger partial charge in [-0.2, -0.15) is 0 Å². The maximum absolute atomic E-state index is 10.6. The first-order chi connectivity index (χ1) is 8.92. The molecule has 1 aromatic heterocycles. The number of hydrogen-bond acceptors (Lipinski definition) is 4. The largest absolute Gasteiger partial charge is 0.481 e. The summed E-state index contributed by atoms with van der Waals surface area (Å²) in [6, 6.07) is 3.73. The summed E-state index contributed by atoms with van der Waals surface area (Å²) in [5, 5.41) is 13.9. The Morgan fingerprint density at radius 1 is 1.32 bits per heavy atom. The van der Waals surface area contributed by atoms with Gasteiger partial charge in [-0.15, -0.1) is 0 Å². The Hall–Kier alpha value is -1.29. The van der Waals surface area contributed by atoms with Gasteiger partial charge in [-0.05, 0) is 37.2 Å². The van der Waals surface area contributed by atoms with E-state index in [9.17, 15) is 5.11 Å². The van der Waals surface area contributed by atoms with Gasteiger partial charge in [0, 0.05) is 24.5 Å². The molecule has 1 saturated carbocycles. The van der Waals surface area contributed by atoms with E-state index in [0.717, 1.165) is 31.4 Å². The lowest BCUT2D eigenvalue weighted by Crippen LogP contribution is -2.42. The molecule has 0 aliphatic heterocycles. The molecule has 2 rings (SSSR count). The van der Waals surface area contributed by atoms with Crippen LogP contribution in [0.1, 0.15) is 39.5 Å². The molecule has 0 unspecified atom stereocenters. The standard InChI is InChI=1S/C15H24N2O2/c1-14(2)5-7-15(18,8-6-14)11-17-12-4-9-16-13(10-12)19-3/h4,9-10,18H,5-8,11H2,1-3H3,(H,16,17). The molecule has 106 valence electrons. The molecule has 1 aliphatic carbocycles. The van der Waals surface area contributed by atoms with Crippen molar-refractivity contribution in [2.24, 2.45) is 5.41 Å². The average molecular weight is 264 g/mol. The smallest absolute Gasteiger partial charge is 0.214 e. The molecule has 0 saturated heterocycles. The molecule has 4 nitrogen and oxygen atoms in total. The van der Waals surface area contributed by atoms with Crippen LogP contribution in [0, 0.1) is 5.41 Å². The van der Waals surface area contributed by atoms with Crippen LogP contribution in [0.15, 0.2) is 18.3 Å². The van der Waals surface area contributed by atoms with Crippen LogP contribution in [0.25, 0.3) is 0 Å². The van der Waals surface area contributed by atoms with E-state index < -0.39 is 5.60 Å². The maximum atomic E-state index is 10.6. The fourth-order valence-corrected chi connectivity index (χ4v) is 2.47. The minimum absolute atomic E-state index is 0.367. The lowest BCUT2D eigenvalue weighted by Gasteiger charge is -2.40. The van der Waals surface area contributed by atoms with Crippen LogP contribution < -0.4 is 10.1 Å². The van der Waals surface area contributed by atoms with Crippen molar-refractivity contribution >= 4 is 5.69 Å². The summed E-state index contributed by atoms with van der Waals surface area (Å²) in [6.45, 7) is 5.12. The zero-order valence-corrected chi connectivity index (χ0v) is 12.1. The predicted molar refractivity (Wildman–Crippen MR) is 76.5 cm³/mol. The molecule has 0 aromatic carbocycles. The molecule has 0 radical (unpaired) electrons. The number of hydrogen-bond donors (Lipinski definition) is 2. The number of nitrogens with one attached hydrogen (secondary N) is 1. The van der Waals surface area contributed by atoms with Gasteiger partial charge in [-0.25, -0.2) is 4.98 Å². The molecule has 0 spiro atoms. The number of pyridine rings is 1. The van der Waals surface area contributed by atoms with Crippen LogP contribution in [-0.2, 0) is 0 Å². The van der Waals surface area contributed by atoms with E-state index in [1.807, 2.05) is 12.1 Å². The van der Waals surface area contributed by atoms with Gasteiger partial charge in [0.05, 0.1) is 12.7 Å². The van der Waals surface area contributed by atoms with Crippen LogP contribution in [-0.4, -0.2) is 29.3 Å². The summed E-state index contributed by atoms with van der Waals surface area (Å²) >= 11 is 0. The van der Waals surface area contributed by atoms with Gasteiger partial charge >= 0.3 is 0 Å². The van der Waals surface area contributed by atoms with Gasteiger partial charge in [0.15, 0.2) is 0 Å². The summed E-state index contributed by atoms with van der Waals surface area (Å²) in [5.41, 5.74) is 0.711. The van der Waals surface area contributed by atoms with E-state index in [4.69, 9.17) is 4.74 Å².